The van der Waals surface area contributed by atoms with Gasteiger partial charge in [0.1, 0.15) is 6.04 Å². The van der Waals surface area contributed by atoms with Gasteiger partial charge in [0.2, 0.25) is 5.91 Å². The molecule has 0 saturated carbocycles. The van der Waals surface area contributed by atoms with Crippen LogP contribution in [0.4, 0.5) is 5.69 Å². The fourth-order valence-electron chi connectivity index (χ4n) is 2.93. The quantitative estimate of drug-likeness (QED) is 0.909. The van der Waals surface area contributed by atoms with E-state index in [0.717, 1.165) is 12.1 Å². The summed E-state index contributed by atoms with van der Waals surface area (Å²) < 4.78 is 0. The number of carbonyl (C=O) groups excluding carboxylic acids is 1. The second-order valence-electron chi connectivity index (χ2n) is 5.66. The molecule has 21 heavy (non-hydrogen) atoms. The van der Waals surface area contributed by atoms with Crippen molar-refractivity contribution < 1.29 is 4.79 Å². The Bertz CT molecular complexity index is 652. The minimum absolute atomic E-state index is 0.0490. The lowest BCUT2D eigenvalue weighted by Gasteiger charge is -2.17. The number of aryl methyl sites for hydroxylation is 2. The van der Waals surface area contributed by atoms with Crippen LogP contribution in [0.3, 0.4) is 0 Å². The van der Waals surface area contributed by atoms with Crippen LogP contribution < -0.4 is 10.6 Å². The van der Waals surface area contributed by atoms with Gasteiger partial charge < -0.3 is 10.6 Å². The normalized spacial score (nSPS) is 18.0. The van der Waals surface area contributed by atoms with Crippen LogP contribution in [0, 0.1) is 13.8 Å². The standard InChI is InChI=1S/C17H20N2OS/c1-10-8-14(12(3)21-10)11(2)18-17(20)16-9-13-6-4-5-7-15(13)19-16/h4-8,11,16,19H,9H2,1-3H3,(H,18,20). The summed E-state index contributed by atoms with van der Waals surface area (Å²) in [7, 11) is 0. The monoisotopic (exact) mass is 300 g/mol. The third kappa shape index (κ3) is 2.81. The van der Waals surface area contributed by atoms with Gasteiger partial charge in [0.25, 0.3) is 0 Å². The number of benzene rings is 1. The number of carbonyl (C=O) groups is 1. The van der Waals surface area contributed by atoms with E-state index in [4.69, 9.17) is 0 Å². The zero-order valence-corrected chi connectivity index (χ0v) is 13.4. The van der Waals surface area contributed by atoms with E-state index >= 15 is 0 Å². The topological polar surface area (TPSA) is 41.1 Å². The van der Waals surface area contributed by atoms with Crippen molar-refractivity contribution in [3.8, 4) is 0 Å². The molecule has 0 fully saturated rings. The van der Waals surface area contributed by atoms with Crippen LogP contribution in [0.1, 0.15) is 33.8 Å². The van der Waals surface area contributed by atoms with E-state index < -0.39 is 0 Å². The second kappa shape index (κ2) is 5.53. The van der Waals surface area contributed by atoms with Crippen LogP contribution in [0.2, 0.25) is 0 Å². The number of thiophene rings is 1. The lowest BCUT2D eigenvalue weighted by Crippen LogP contribution is -2.39. The van der Waals surface area contributed by atoms with Gasteiger partial charge in [-0.3, -0.25) is 4.79 Å². The highest BCUT2D eigenvalue weighted by atomic mass is 32.1. The van der Waals surface area contributed by atoms with Crippen molar-refractivity contribution in [2.75, 3.05) is 5.32 Å². The smallest absolute Gasteiger partial charge is 0.243 e. The fourth-order valence-corrected chi connectivity index (χ4v) is 3.95. The number of amides is 1. The lowest BCUT2D eigenvalue weighted by molar-refractivity contribution is -0.122. The molecule has 0 bridgehead atoms. The highest BCUT2D eigenvalue weighted by Gasteiger charge is 2.27. The molecule has 0 spiro atoms. The second-order valence-corrected chi connectivity index (χ2v) is 7.12. The van der Waals surface area contributed by atoms with Crippen LogP contribution in [0.15, 0.2) is 30.3 Å². The van der Waals surface area contributed by atoms with Gasteiger partial charge in [0, 0.05) is 21.9 Å². The molecule has 1 aliphatic rings. The van der Waals surface area contributed by atoms with E-state index in [1.807, 2.05) is 18.2 Å². The maximum absolute atomic E-state index is 12.4. The van der Waals surface area contributed by atoms with Gasteiger partial charge in [-0.25, -0.2) is 0 Å². The highest BCUT2D eigenvalue weighted by molar-refractivity contribution is 7.12. The summed E-state index contributed by atoms with van der Waals surface area (Å²) in [5.74, 6) is 0.0713. The molecule has 0 aliphatic carbocycles. The van der Waals surface area contributed by atoms with Crippen LogP contribution in [0.5, 0.6) is 0 Å². The summed E-state index contributed by atoms with van der Waals surface area (Å²) in [5.41, 5.74) is 3.52. The van der Waals surface area contributed by atoms with Crippen LogP contribution in [0.25, 0.3) is 0 Å². The first-order chi connectivity index (χ1) is 10.0. The van der Waals surface area contributed by atoms with Gasteiger partial charge in [0.05, 0.1) is 6.04 Å². The zero-order chi connectivity index (χ0) is 15.0. The zero-order valence-electron chi connectivity index (χ0n) is 12.6. The van der Waals surface area contributed by atoms with E-state index in [9.17, 15) is 4.79 Å². The first kappa shape index (κ1) is 14.1. The predicted molar refractivity (Wildman–Crippen MR) is 87.9 cm³/mol. The average Bonchev–Trinajstić information content (AvgIpc) is 3.01. The number of hydrogen-bond acceptors (Lipinski definition) is 3. The Morgan fingerprint density at radius 3 is 2.81 bits per heavy atom. The summed E-state index contributed by atoms with van der Waals surface area (Å²) in [6, 6.07) is 10.2. The first-order valence-corrected chi connectivity index (χ1v) is 8.08. The molecule has 2 heterocycles. The van der Waals surface area contributed by atoms with Crippen LogP contribution >= 0.6 is 11.3 Å². The molecule has 3 nitrogen and oxygen atoms in total. The Kier molecular flexibility index (Phi) is 3.72. The molecule has 2 atom stereocenters. The number of hydrogen-bond donors (Lipinski definition) is 2. The molecule has 2 N–H and O–H groups in total. The minimum Gasteiger partial charge on any atom is -0.373 e. The van der Waals surface area contributed by atoms with E-state index in [2.05, 4.69) is 43.5 Å². The Morgan fingerprint density at radius 2 is 2.14 bits per heavy atom. The number of anilines is 1. The molecular weight excluding hydrogens is 280 g/mol. The fraction of sp³-hybridized carbons (Fsp3) is 0.353. The van der Waals surface area contributed by atoms with Crippen molar-refractivity contribution in [1.82, 2.24) is 5.32 Å². The van der Waals surface area contributed by atoms with Gasteiger partial charge in [-0.15, -0.1) is 11.3 Å². The maximum Gasteiger partial charge on any atom is 0.243 e. The molecule has 0 saturated heterocycles. The molecule has 3 rings (SSSR count). The third-order valence-electron chi connectivity index (χ3n) is 3.99. The summed E-state index contributed by atoms with van der Waals surface area (Å²) >= 11 is 1.78. The maximum atomic E-state index is 12.4. The number of fused-ring (bicyclic) bond motifs is 1. The van der Waals surface area contributed by atoms with Crippen molar-refractivity contribution in [1.29, 1.82) is 0 Å². The Hall–Kier alpha value is -1.81. The van der Waals surface area contributed by atoms with E-state index in [1.165, 1.54) is 20.9 Å². The van der Waals surface area contributed by atoms with Gasteiger partial charge in [-0.2, -0.15) is 0 Å². The number of para-hydroxylation sites is 1. The van der Waals surface area contributed by atoms with Crippen molar-refractivity contribution >= 4 is 22.9 Å². The molecule has 0 radical (unpaired) electrons. The molecule has 1 aromatic heterocycles. The van der Waals surface area contributed by atoms with Gasteiger partial charge in [-0.1, -0.05) is 18.2 Å². The van der Waals surface area contributed by atoms with Crippen LogP contribution in [-0.2, 0) is 11.2 Å². The van der Waals surface area contributed by atoms with E-state index in [1.54, 1.807) is 11.3 Å². The highest BCUT2D eigenvalue weighted by Crippen LogP contribution is 2.28. The van der Waals surface area contributed by atoms with Crippen molar-refractivity contribution in [3.05, 3.63) is 51.2 Å². The first-order valence-electron chi connectivity index (χ1n) is 7.26. The van der Waals surface area contributed by atoms with Gasteiger partial charge in [0.15, 0.2) is 0 Å². The van der Waals surface area contributed by atoms with Crippen molar-refractivity contribution in [3.63, 3.8) is 0 Å². The summed E-state index contributed by atoms with van der Waals surface area (Å²) in [5, 5.41) is 6.43. The van der Waals surface area contributed by atoms with E-state index in [0.29, 0.717) is 0 Å². The molecular formula is C17H20N2OS. The molecule has 2 aromatic rings. The molecule has 1 aliphatic heterocycles. The van der Waals surface area contributed by atoms with Gasteiger partial charge >= 0.3 is 0 Å². The third-order valence-corrected chi connectivity index (χ3v) is 4.97. The average molecular weight is 300 g/mol. The van der Waals surface area contributed by atoms with Crippen molar-refractivity contribution in [2.45, 2.75) is 39.3 Å². The predicted octanol–water partition coefficient (Wildman–Crippen LogP) is 3.58. The summed E-state index contributed by atoms with van der Waals surface area (Å²) in [6.45, 7) is 6.26. The van der Waals surface area contributed by atoms with Gasteiger partial charge in [-0.05, 0) is 44.0 Å². The molecule has 4 heteroatoms. The number of nitrogens with one attached hydrogen (secondary N) is 2. The SMILES string of the molecule is Cc1cc(C(C)NC(=O)C2Cc3ccccc3N2)c(C)s1. The van der Waals surface area contributed by atoms with Crippen molar-refractivity contribution in [2.24, 2.45) is 0 Å². The molecule has 2 unspecified atom stereocenters. The van der Waals surface area contributed by atoms with E-state index in [-0.39, 0.29) is 18.0 Å². The van der Waals surface area contributed by atoms with Crippen LogP contribution in [-0.4, -0.2) is 11.9 Å². The number of rotatable bonds is 3. The lowest BCUT2D eigenvalue weighted by atomic mass is 10.1. The molecule has 1 aromatic carbocycles. The minimum atomic E-state index is -0.162. The Balaban J connectivity index is 1.67. The summed E-state index contributed by atoms with van der Waals surface area (Å²) in [6.07, 6.45) is 0.760. The molecule has 110 valence electrons. The summed E-state index contributed by atoms with van der Waals surface area (Å²) in [4.78, 5) is 15.0. The Labute approximate surface area is 129 Å². The molecule has 1 amide bonds. The largest absolute Gasteiger partial charge is 0.373 e. The Morgan fingerprint density at radius 1 is 1.38 bits per heavy atom.